The summed E-state index contributed by atoms with van der Waals surface area (Å²) in [7, 11) is 1.32. The molecule has 2 N–H and O–H groups in total. The lowest BCUT2D eigenvalue weighted by molar-refractivity contribution is -0.389. The van der Waals surface area contributed by atoms with Gasteiger partial charge >= 0.3 is 23.9 Å². The van der Waals surface area contributed by atoms with Crippen LogP contribution in [0.3, 0.4) is 0 Å². The van der Waals surface area contributed by atoms with E-state index in [0.29, 0.717) is 0 Å². The second-order valence-electron chi connectivity index (χ2n) is 8.14. The predicted octanol–water partition coefficient (Wildman–Crippen LogP) is 7.63. The van der Waals surface area contributed by atoms with E-state index >= 15 is 4.39 Å². The molecule has 0 aliphatic carbocycles. The van der Waals surface area contributed by atoms with E-state index in [1.807, 2.05) is 0 Å². The standard InChI is InChI=1S/C24H13F10I2N3O2/c1-37-19(40)13-6-3-7-38-17(13)11-4-2-5-12(16(11)25)20(41)39-18-14(35)8-10(9-15(18)36)21(26,23(29,30)31)22(27,28)24(32,33)34/h2-9H,1H3,(H,37,40)(H,39,41). The van der Waals surface area contributed by atoms with Crippen LogP contribution in [-0.4, -0.2) is 42.1 Å². The van der Waals surface area contributed by atoms with Crippen LogP contribution in [0, 0.1) is 13.0 Å². The number of halogens is 12. The Kier molecular flexibility index (Phi) is 9.22. The zero-order valence-corrected chi connectivity index (χ0v) is 24.2. The lowest BCUT2D eigenvalue weighted by Crippen LogP contribution is -2.59. The SMILES string of the molecule is CNC(=O)c1cccnc1-c1cccc(C(=O)Nc2c(I)cc(C(F)(C(F)(F)F)C(F)(F)C(F)(F)F)cc2I)c1F. The Morgan fingerprint density at radius 2 is 1.37 bits per heavy atom. The fourth-order valence-electron chi connectivity index (χ4n) is 3.62. The summed E-state index contributed by atoms with van der Waals surface area (Å²) in [5.74, 6) is -9.88. The van der Waals surface area contributed by atoms with Gasteiger partial charge in [-0.3, -0.25) is 14.6 Å². The second-order valence-corrected chi connectivity index (χ2v) is 10.5. The average molecular weight is 819 g/mol. The van der Waals surface area contributed by atoms with Crippen LogP contribution in [0.15, 0.2) is 48.7 Å². The van der Waals surface area contributed by atoms with Crippen LogP contribution in [0.4, 0.5) is 49.6 Å². The molecule has 0 fully saturated rings. The summed E-state index contributed by atoms with van der Waals surface area (Å²) in [4.78, 5) is 29.1. The molecular formula is C24H13F10I2N3O2. The highest BCUT2D eigenvalue weighted by molar-refractivity contribution is 14.1. The Morgan fingerprint density at radius 1 is 0.805 bits per heavy atom. The van der Waals surface area contributed by atoms with Crippen molar-refractivity contribution < 1.29 is 53.5 Å². The van der Waals surface area contributed by atoms with Gasteiger partial charge in [-0.1, -0.05) is 6.07 Å². The van der Waals surface area contributed by atoms with Crippen LogP contribution < -0.4 is 10.6 Å². The van der Waals surface area contributed by atoms with Crippen molar-refractivity contribution in [3.63, 3.8) is 0 Å². The van der Waals surface area contributed by atoms with Gasteiger partial charge in [-0.2, -0.15) is 35.1 Å². The van der Waals surface area contributed by atoms with Gasteiger partial charge in [-0.25, -0.2) is 8.78 Å². The lowest BCUT2D eigenvalue weighted by atomic mass is 9.87. The Bertz CT molecular complexity index is 1490. The van der Waals surface area contributed by atoms with Crippen LogP contribution >= 0.6 is 45.2 Å². The summed E-state index contributed by atoms with van der Waals surface area (Å²) >= 11 is 2.39. The van der Waals surface area contributed by atoms with Crippen LogP contribution in [-0.2, 0) is 5.67 Å². The van der Waals surface area contributed by atoms with Gasteiger partial charge in [0, 0.05) is 31.5 Å². The number of nitrogens with one attached hydrogen (secondary N) is 2. The predicted molar refractivity (Wildman–Crippen MR) is 143 cm³/mol. The number of carbonyl (C=O) groups is 2. The van der Waals surface area contributed by atoms with Gasteiger partial charge in [0.2, 0.25) is 0 Å². The number of pyridine rings is 1. The summed E-state index contributed by atoms with van der Waals surface area (Å²) in [5, 5.41) is 4.49. The molecule has 17 heteroatoms. The van der Waals surface area contributed by atoms with Gasteiger partial charge < -0.3 is 10.6 Å². The number of benzene rings is 2. The van der Waals surface area contributed by atoms with Crippen LogP contribution in [0.5, 0.6) is 0 Å². The molecule has 3 rings (SSSR count). The van der Waals surface area contributed by atoms with Crippen LogP contribution in [0.25, 0.3) is 11.3 Å². The number of aromatic nitrogens is 1. The largest absolute Gasteiger partial charge is 0.457 e. The molecule has 0 radical (unpaired) electrons. The molecule has 3 aromatic rings. The number of alkyl halides is 9. The van der Waals surface area contributed by atoms with Crippen molar-refractivity contribution in [3.8, 4) is 11.3 Å². The fraction of sp³-hybridized carbons (Fsp3) is 0.208. The number of anilines is 1. The van der Waals surface area contributed by atoms with Crippen molar-refractivity contribution in [2.24, 2.45) is 0 Å². The average Bonchev–Trinajstić information content (AvgIpc) is 2.88. The highest BCUT2D eigenvalue weighted by Crippen LogP contribution is 2.58. The normalized spacial score (nSPS) is 13.9. The zero-order valence-electron chi connectivity index (χ0n) is 19.9. The number of hydrogen-bond acceptors (Lipinski definition) is 3. The molecule has 1 aromatic heterocycles. The molecule has 0 aliphatic heterocycles. The molecule has 0 bridgehead atoms. The molecule has 1 atom stereocenters. The number of amides is 2. The number of carbonyl (C=O) groups excluding carboxylic acids is 2. The van der Waals surface area contributed by atoms with E-state index in [-0.39, 0.29) is 29.0 Å². The third-order valence-corrected chi connectivity index (χ3v) is 7.34. The first-order chi connectivity index (χ1) is 18.8. The minimum atomic E-state index is -6.91. The van der Waals surface area contributed by atoms with Gasteiger partial charge in [0.15, 0.2) is 0 Å². The highest BCUT2D eigenvalue weighted by Gasteiger charge is 2.81. The molecule has 0 saturated carbocycles. The van der Waals surface area contributed by atoms with Crippen molar-refractivity contribution in [1.82, 2.24) is 10.3 Å². The molecule has 2 aromatic carbocycles. The lowest BCUT2D eigenvalue weighted by Gasteiger charge is -2.36. The van der Waals surface area contributed by atoms with Gasteiger partial charge in [-0.05, 0) is 81.6 Å². The van der Waals surface area contributed by atoms with Gasteiger partial charge in [0.05, 0.1) is 22.5 Å². The molecule has 41 heavy (non-hydrogen) atoms. The molecule has 1 heterocycles. The highest BCUT2D eigenvalue weighted by atomic mass is 127. The first kappa shape index (κ1) is 32.8. The Hall–Kier alpha value is -2.71. The zero-order chi connectivity index (χ0) is 31.1. The second kappa shape index (κ2) is 11.5. The van der Waals surface area contributed by atoms with E-state index in [1.165, 1.54) is 82.7 Å². The maximum atomic E-state index is 15.5. The maximum Gasteiger partial charge on any atom is 0.457 e. The summed E-state index contributed by atoms with van der Waals surface area (Å²) in [6.07, 6.45) is -12.4. The fourth-order valence-corrected chi connectivity index (χ4v) is 5.66. The van der Waals surface area contributed by atoms with Crippen molar-refractivity contribution in [2.45, 2.75) is 23.9 Å². The maximum absolute atomic E-state index is 15.5. The van der Waals surface area contributed by atoms with E-state index in [4.69, 9.17) is 0 Å². The van der Waals surface area contributed by atoms with E-state index in [0.717, 1.165) is 6.07 Å². The molecule has 220 valence electrons. The van der Waals surface area contributed by atoms with Gasteiger partial charge in [0.25, 0.3) is 11.8 Å². The number of hydrogen-bond donors (Lipinski definition) is 2. The Balaban J connectivity index is 2.07. The van der Waals surface area contributed by atoms with Crippen molar-refractivity contribution in [1.29, 1.82) is 0 Å². The summed E-state index contributed by atoms with van der Waals surface area (Å²) < 4.78 is 136. The van der Waals surface area contributed by atoms with E-state index in [1.54, 1.807) is 0 Å². The Morgan fingerprint density at radius 3 is 1.88 bits per heavy atom. The third-order valence-electron chi connectivity index (χ3n) is 5.64. The monoisotopic (exact) mass is 819 g/mol. The van der Waals surface area contributed by atoms with Gasteiger partial charge in [-0.15, -0.1) is 0 Å². The third kappa shape index (κ3) is 5.82. The summed E-state index contributed by atoms with van der Waals surface area (Å²) in [5.41, 5.74) is -9.76. The first-order valence-corrected chi connectivity index (χ1v) is 12.9. The molecule has 1 unspecified atom stereocenters. The summed E-state index contributed by atoms with van der Waals surface area (Å²) in [6, 6.07) is 6.34. The molecular weight excluding hydrogens is 806 g/mol. The van der Waals surface area contributed by atoms with E-state index in [9.17, 15) is 49.1 Å². The summed E-state index contributed by atoms with van der Waals surface area (Å²) in [6.45, 7) is 0. The quantitative estimate of drug-likeness (QED) is 0.199. The van der Waals surface area contributed by atoms with Crippen molar-refractivity contribution in [2.75, 3.05) is 12.4 Å². The number of rotatable bonds is 6. The van der Waals surface area contributed by atoms with Crippen molar-refractivity contribution >= 4 is 62.7 Å². The smallest absolute Gasteiger partial charge is 0.355 e. The topological polar surface area (TPSA) is 71.1 Å². The number of nitrogens with zero attached hydrogens (tertiary/aromatic N) is 1. The molecule has 0 saturated heterocycles. The molecule has 0 aliphatic rings. The molecule has 5 nitrogen and oxygen atoms in total. The Labute approximate surface area is 251 Å². The van der Waals surface area contributed by atoms with E-state index in [2.05, 4.69) is 15.6 Å². The first-order valence-electron chi connectivity index (χ1n) is 10.8. The minimum Gasteiger partial charge on any atom is -0.355 e. The van der Waals surface area contributed by atoms with Crippen molar-refractivity contribution in [3.05, 3.63) is 78.3 Å². The van der Waals surface area contributed by atoms with Crippen LogP contribution in [0.2, 0.25) is 0 Å². The van der Waals surface area contributed by atoms with Gasteiger partial charge in [0.1, 0.15) is 5.82 Å². The van der Waals surface area contributed by atoms with E-state index < -0.39 is 65.5 Å². The minimum absolute atomic E-state index is 0.0406. The molecule has 2 amide bonds. The van der Waals surface area contributed by atoms with Crippen LogP contribution in [0.1, 0.15) is 26.3 Å². The molecule has 0 spiro atoms.